The highest BCUT2D eigenvalue weighted by molar-refractivity contribution is 6.38. The Hall–Kier alpha value is -1.85. The van der Waals surface area contributed by atoms with Crippen LogP contribution in [0.1, 0.15) is 19.3 Å². The van der Waals surface area contributed by atoms with Crippen molar-refractivity contribution in [1.82, 2.24) is 5.43 Å². The van der Waals surface area contributed by atoms with Gasteiger partial charge in [-0.1, -0.05) is 0 Å². The molecule has 1 aliphatic heterocycles. The van der Waals surface area contributed by atoms with Crippen LogP contribution in [-0.2, 0) is 19.1 Å². The summed E-state index contributed by atoms with van der Waals surface area (Å²) >= 11 is 0. The lowest BCUT2D eigenvalue weighted by molar-refractivity contribution is -0.137. The third kappa shape index (κ3) is 1.66. The van der Waals surface area contributed by atoms with E-state index in [1.54, 1.807) is 0 Å². The average molecular weight is 264 g/mol. The monoisotopic (exact) mass is 264 g/mol. The van der Waals surface area contributed by atoms with Crippen molar-refractivity contribution in [2.24, 2.45) is 22.9 Å². The number of ether oxygens (including phenoxy) is 2. The van der Waals surface area contributed by atoms with E-state index in [1.807, 2.05) is 0 Å². The molecule has 0 aromatic rings. The fourth-order valence-electron chi connectivity index (χ4n) is 3.63. The van der Waals surface area contributed by atoms with Gasteiger partial charge in [-0.05, 0) is 36.7 Å². The number of hydrogen-bond donors (Lipinski definition) is 1. The molecule has 0 aromatic heterocycles. The second-order valence-corrected chi connectivity index (χ2v) is 5.17. The summed E-state index contributed by atoms with van der Waals surface area (Å²) in [6.07, 6.45) is 3.15. The molecule has 1 heterocycles. The molecule has 3 aliphatic rings. The minimum Gasteiger partial charge on any atom is -0.464 e. The molecule has 0 radical (unpaired) electrons. The molecule has 1 N–H and O–H groups in total. The fraction of sp³-hybridized carbons (Fsp3) is 0.615. The summed E-state index contributed by atoms with van der Waals surface area (Å²) in [5.74, 6) is -0.181. The number of fused-ring (bicyclic) bond motifs is 5. The third-order valence-electron chi connectivity index (χ3n) is 4.37. The predicted octanol–water partition coefficient (Wildman–Crippen LogP) is 0.592. The van der Waals surface area contributed by atoms with Gasteiger partial charge in [-0.25, -0.2) is 9.59 Å². The zero-order valence-corrected chi connectivity index (χ0v) is 10.9. The van der Waals surface area contributed by atoms with Crippen molar-refractivity contribution in [3.8, 4) is 0 Å². The van der Waals surface area contributed by atoms with Gasteiger partial charge in [-0.15, -0.1) is 0 Å². The van der Waals surface area contributed by atoms with E-state index in [0.717, 1.165) is 24.8 Å². The Balaban J connectivity index is 2.02. The second kappa shape index (κ2) is 4.36. The molecule has 0 saturated heterocycles. The minimum absolute atomic E-state index is 0.0819. The molecule has 0 spiro atoms. The maximum absolute atomic E-state index is 11.8. The summed E-state index contributed by atoms with van der Waals surface area (Å²) in [5.41, 5.74) is 4.46. The van der Waals surface area contributed by atoms with E-state index in [2.05, 4.69) is 10.5 Å². The maximum atomic E-state index is 11.8. The summed E-state index contributed by atoms with van der Waals surface area (Å²) in [6, 6.07) is 0. The first-order chi connectivity index (χ1) is 9.17. The highest BCUT2D eigenvalue weighted by Gasteiger charge is 2.51. The van der Waals surface area contributed by atoms with Gasteiger partial charge in [-0.2, -0.15) is 5.10 Å². The lowest BCUT2D eigenvalue weighted by Gasteiger charge is -2.30. The number of nitrogens with one attached hydrogen (secondary N) is 1. The van der Waals surface area contributed by atoms with Crippen LogP contribution in [0, 0.1) is 17.8 Å². The molecule has 2 saturated carbocycles. The Labute approximate surface area is 110 Å². The summed E-state index contributed by atoms with van der Waals surface area (Å²) in [5, 5.41) is 4.05. The Morgan fingerprint density at radius 1 is 1.21 bits per heavy atom. The largest absolute Gasteiger partial charge is 0.464 e. The van der Waals surface area contributed by atoms with E-state index in [0.29, 0.717) is 23.2 Å². The van der Waals surface area contributed by atoms with Gasteiger partial charge in [0, 0.05) is 5.92 Å². The number of methoxy groups -OCH3 is 2. The number of esters is 2. The van der Waals surface area contributed by atoms with Gasteiger partial charge < -0.3 is 9.47 Å². The van der Waals surface area contributed by atoms with Crippen LogP contribution in [0.25, 0.3) is 0 Å². The Morgan fingerprint density at radius 3 is 2.63 bits per heavy atom. The van der Waals surface area contributed by atoms with Crippen LogP contribution in [0.4, 0.5) is 0 Å². The van der Waals surface area contributed by atoms with Crippen LogP contribution in [-0.4, -0.2) is 31.9 Å². The first-order valence-corrected chi connectivity index (χ1v) is 6.41. The van der Waals surface area contributed by atoms with Gasteiger partial charge in [-0.3, -0.25) is 5.43 Å². The number of carbonyl (C=O) groups is 2. The zero-order valence-electron chi connectivity index (χ0n) is 10.9. The Morgan fingerprint density at radius 2 is 1.95 bits per heavy atom. The van der Waals surface area contributed by atoms with Crippen molar-refractivity contribution in [2.45, 2.75) is 19.3 Å². The molecule has 3 rings (SSSR count). The molecular formula is C13H16N2O4. The fourth-order valence-corrected chi connectivity index (χ4v) is 3.63. The SMILES string of the molecule is COC(=O)C1=NNC(C(=O)OC)=C2[C@H]3CC[C@H](C3)[C@H]12. The molecule has 19 heavy (non-hydrogen) atoms. The first-order valence-electron chi connectivity index (χ1n) is 6.41. The zero-order chi connectivity index (χ0) is 13.6. The van der Waals surface area contributed by atoms with Crippen molar-refractivity contribution >= 4 is 17.7 Å². The number of hydrogen-bond acceptors (Lipinski definition) is 6. The van der Waals surface area contributed by atoms with Crippen LogP contribution in [0.5, 0.6) is 0 Å². The van der Waals surface area contributed by atoms with Crippen molar-refractivity contribution < 1.29 is 19.1 Å². The van der Waals surface area contributed by atoms with Gasteiger partial charge >= 0.3 is 11.9 Å². The van der Waals surface area contributed by atoms with Crippen molar-refractivity contribution in [3.05, 3.63) is 11.3 Å². The molecule has 6 heteroatoms. The summed E-state index contributed by atoms with van der Waals surface area (Å²) in [4.78, 5) is 23.6. The van der Waals surface area contributed by atoms with E-state index in [9.17, 15) is 9.59 Å². The van der Waals surface area contributed by atoms with Crippen LogP contribution in [0.2, 0.25) is 0 Å². The second-order valence-electron chi connectivity index (χ2n) is 5.17. The van der Waals surface area contributed by atoms with Gasteiger partial charge in [0.25, 0.3) is 0 Å². The number of allylic oxidation sites excluding steroid dienone is 1. The first kappa shape index (κ1) is 12.2. The van der Waals surface area contributed by atoms with Crippen LogP contribution >= 0.6 is 0 Å². The van der Waals surface area contributed by atoms with E-state index in [4.69, 9.17) is 9.47 Å². The lowest BCUT2D eigenvalue weighted by atomic mass is 9.79. The molecule has 2 aliphatic carbocycles. The number of rotatable bonds is 2. The average Bonchev–Trinajstić information content (AvgIpc) is 3.06. The number of hydrazone groups is 1. The smallest absolute Gasteiger partial charge is 0.355 e. The number of nitrogens with zero attached hydrogens (tertiary/aromatic N) is 1. The Bertz CT molecular complexity index is 509. The molecular weight excluding hydrogens is 248 g/mol. The van der Waals surface area contributed by atoms with E-state index >= 15 is 0 Å². The molecule has 0 aromatic carbocycles. The van der Waals surface area contributed by atoms with Crippen LogP contribution < -0.4 is 5.43 Å². The predicted molar refractivity (Wildman–Crippen MR) is 65.9 cm³/mol. The number of carbonyl (C=O) groups excluding carboxylic acids is 2. The summed E-state index contributed by atoms with van der Waals surface area (Å²) in [7, 11) is 2.69. The van der Waals surface area contributed by atoms with E-state index < -0.39 is 11.9 Å². The standard InChI is InChI=1S/C13H16N2O4/c1-18-12(16)10-8-6-3-4-7(5-6)9(8)11(15-14-10)13(17)19-2/h6-8,15H,3-5H2,1-2H3/t6-,7+,8+/m1/s1. The summed E-state index contributed by atoms with van der Waals surface area (Å²) in [6.45, 7) is 0. The maximum Gasteiger partial charge on any atom is 0.355 e. The molecule has 3 atom stereocenters. The van der Waals surface area contributed by atoms with Crippen LogP contribution in [0.15, 0.2) is 16.4 Å². The van der Waals surface area contributed by atoms with Crippen molar-refractivity contribution in [1.29, 1.82) is 0 Å². The van der Waals surface area contributed by atoms with Gasteiger partial charge in [0.15, 0.2) is 5.71 Å². The van der Waals surface area contributed by atoms with Gasteiger partial charge in [0.2, 0.25) is 0 Å². The molecule has 2 fully saturated rings. The lowest BCUT2D eigenvalue weighted by Crippen LogP contribution is -2.39. The van der Waals surface area contributed by atoms with Crippen molar-refractivity contribution in [2.75, 3.05) is 14.2 Å². The Kier molecular flexibility index (Phi) is 2.80. The summed E-state index contributed by atoms with van der Waals surface area (Å²) < 4.78 is 9.56. The molecule has 0 amide bonds. The van der Waals surface area contributed by atoms with Gasteiger partial charge in [0.1, 0.15) is 5.70 Å². The normalized spacial score (nSPS) is 31.5. The highest BCUT2D eigenvalue weighted by Crippen LogP contribution is 2.54. The van der Waals surface area contributed by atoms with Crippen LogP contribution in [0.3, 0.4) is 0 Å². The van der Waals surface area contributed by atoms with E-state index in [-0.39, 0.29) is 5.92 Å². The van der Waals surface area contributed by atoms with Crippen molar-refractivity contribution in [3.63, 3.8) is 0 Å². The molecule has 0 unspecified atom stereocenters. The quantitative estimate of drug-likeness (QED) is 0.739. The highest BCUT2D eigenvalue weighted by atomic mass is 16.5. The van der Waals surface area contributed by atoms with E-state index in [1.165, 1.54) is 14.2 Å². The third-order valence-corrected chi connectivity index (χ3v) is 4.37. The molecule has 102 valence electrons. The topological polar surface area (TPSA) is 77.0 Å². The minimum atomic E-state index is -0.425. The molecule has 2 bridgehead atoms. The molecule has 6 nitrogen and oxygen atoms in total. The van der Waals surface area contributed by atoms with Gasteiger partial charge in [0.05, 0.1) is 14.2 Å².